The van der Waals surface area contributed by atoms with Crippen molar-refractivity contribution in [3.63, 3.8) is 0 Å². The van der Waals surface area contributed by atoms with Gasteiger partial charge in [0.15, 0.2) is 0 Å². The van der Waals surface area contributed by atoms with Crippen LogP contribution in [-0.4, -0.2) is 30.8 Å². The van der Waals surface area contributed by atoms with Crippen molar-refractivity contribution < 1.29 is 8.42 Å². The minimum absolute atomic E-state index is 0.608. The number of benzene rings is 1. The van der Waals surface area contributed by atoms with E-state index < -0.39 is 10.2 Å². The molecule has 1 aliphatic rings. The molecule has 1 saturated heterocycles. The van der Waals surface area contributed by atoms with Crippen LogP contribution < -0.4 is 4.72 Å². The van der Waals surface area contributed by atoms with Gasteiger partial charge in [0, 0.05) is 29.7 Å². The topological polar surface area (TPSA) is 65.0 Å². The van der Waals surface area contributed by atoms with Crippen LogP contribution in [0.25, 0.3) is 10.9 Å². The molecule has 6 heteroatoms. The third-order valence-corrected chi connectivity index (χ3v) is 4.38. The molecule has 0 amide bonds. The number of rotatable bonds is 3. The van der Waals surface area contributed by atoms with E-state index in [0.717, 1.165) is 16.6 Å². The fourth-order valence-electron chi connectivity index (χ4n) is 1.88. The molecule has 1 aromatic carbocycles. The Labute approximate surface area is 99.6 Å². The molecule has 90 valence electrons. The molecule has 0 saturated carbocycles. The van der Waals surface area contributed by atoms with E-state index in [-0.39, 0.29) is 0 Å². The zero-order chi connectivity index (χ0) is 12.0. The van der Waals surface area contributed by atoms with Crippen LogP contribution in [0.4, 0.5) is 5.69 Å². The summed E-state index contributed by atoms with van der Waals surface area (Å²) in [6, 6.07) is 7.64. The lowest BCUT2D eigenvalue weighted by molar-refractivity contribution is 0.569. The highest BCUT2D eigenvalue weighted by Gasteiger charge is 2.32. The number of fused-ring (bicyclic) bond motifs is 1. The zero-order valence-corrected chi connectivity index (χ0v) is 10.2. The number of anilines is 1. The maximum atomic E-state index is 11.9. The SMILES string of the molecule is Cc1[nH]c2ccccc2c1NS(=O)(=O)N1CC1. The molecule has 0 bridgehead atoms. The number of hydrogen-bond acceptors (Lipinski definition) is 2. The number of hydrogen-bond donors (Lipinski definition) is 2. The lowest BCUT2D eigenvalue weighted by Crippen LogP contribution is -2.21. The highest BCUT2D eigenvalue weighted by Crippen LogP contribution is 2.29. The van der Waals surface area contributed by atoms with Gasteiger partial charge >= 0.3 is 10.2 Å². The molecule has 17 heavy (non-hydrogen) atoms. The number of aryl methyl sites for hydroxylation is 1. The third kappa shape index (κ3) is 1.79. The summed E-state index contributed by atoms with van der Waals surface area (Å²) in [7, 11) is -3.36. The lowest BCUT2D eigenvalue weighted by Gasteiger charge is -2.07. The second-order valence-electron chi connectivity index (χ2n) is 4.18. The highest BCUT2D eigenvalue weighted by molar-refractivity contribution is 7.90. The third-order valence-electron chi connectivity index (χ3n) is 2.87. The van der Waals surface area contributed by atoms with Gasteiger partial charge in [-0.3, -0.25) is 4.72 Å². The first kappa shape index (κ1) is 10.6. The number of nitrogens with one attached hydrogen (secondary N) is 2. The summed E-state index contributed by atoms with van der Waals surface area (Å²) in [6.07, 6.45) is 0. The van der Waals surface area contributed by atoms with Gasteiger partial charge in [0.2, 0.25) is 0 Å². The van der Waals surface area contributed by atoms with Crippen LogP contribution in [0.15, 0.2) is 24.3 Å². The Morgan fingerprint density at radius 3 is 2.71 bits per heavy atom. The van der Waals surface area contributed by atoms with Crippen molar-refractivity contribution in [3.05, 3.63) is 30.0 Å². The van der Waals surface area contributed by atoms with Crippen LogP contribution >= 0.6 is 0 Å². The Balaban J connectivity index is 2.08. The van der Waals surface area contributed by atoms with Crippen molar-refractivity contribution in [3.8, 4) is 0 Å². The van der Waals surface area contributed by atoms with Crippen LogP contribution in [-0.2, 0) is 10.2 Å². The summed E-state index contributed by atoms with van der Waals surface area (Å²) in [5.74, 6) is 0. The number of aromatic amines is 1. The van der Waals surface area contributed by atoms with E-state index in [1.54, 1.807) is 0 Å². The Kier molecular flexibility index (Phi) is 2.17. The molecular weight excluding hydrogens is 238 g/mol. The fourth-order valence-corrected chi connectivity index (χ4v) is 3.10. The molecule has 1 fully saturated rings. The number of para-hydroxylation sites is 1. The summed E-state index contributed by atoms with van der Waals surface area (Å²) >= 11 is 0. The van der Waals surface area contributed by atoms with E-state index in [9.17, 15) is 8.42 Å². The standard InChI is InChI=1S/C11H13N3O2S/c1-8-11(13-17(15,16)14-6-7-14)9-4-2-3-5-10(9)12-8/h2-5,12-13H,6-7H2,1H3. The van der Waals surface area contributed by atoms with Crippen LogP contribution in [0.2, 0.25) is 0 Å². The van der Waals surface area contributed by atoms with E-state index >= 15 is 0 Å². The van der Waals surface area contributed by atoms with Crippen molar-refractivity contribution in [2.75, 3.05) is 17.8 Å². The average molecular weight is 251 g/mol. The molecule has 2 aromatic rings. The molecule has 1 aromatic heterocycles. The van der Waals surface area contributed by atoms with Gasteiger partial charge in [-0.25, -0.2) is 0 Å². The van der Waals surface area contributed by atoms with E-state index in [1.165, 1.54) is 4.31 Å². The van der Waals surface area contributed by atoms with Gasteiger partial charge in [0.25, 0.3) is 0 Å². The van der Waals surface area contributed by atoms with E-state index in [1.807, 2.05) is 31.2 Å². The fraction of sp³-hybridized carbons (Fsp3) is 0.273. The highest BCUT2D eigenvalue weighted by atomic mass is 32.2. The summed E-state index contributed by atoms with van der Waals surface area (Å²) in [5, 5.41) is 0.899. The van der Waals surface area contributed by atoms with Gasteiger partial charge in [-0.15, -0.1) is 0 Å². The van der Waals surface area contributed by atoms with Crippen LogP contribution in [0.3, 0.4) is 0 Å². The second-order valence-corrected chi connectivity index (χ2v) is 5.85. The maximum Gasteiger partial charge on any atom is 0.301 e. The van der Waals surface area contributed by atoms with E-state index in [4.69, 9.17) is 0 Å². The summed E-state index contributed by atoms with van der Waals surface area (Å²) in [6.45, 7) is 3.08. The monoisotopic (exact) mass is 251 g/mol. The van der Waals surface area contributed by atoms with Crippen molar-refractivity contribution in [1.82, 2.24) is 9.29 Å². The minimum Gasteiger partial charge on any atom is -0.357 e. The lowest BCUT2D eigenvalue weighted by atomic mass is 10.2. The smallest absolute Gasteiger partial charge is 0.301 e. The largest absolute Gasteiger partial charge is 0.357 e. The van der Waals surface area contributed by atoms with E-state index in [2.05, 4.69) is 9.71 Å². The molecule has 0 radical (unpaired) electrons. The molecular formula is C11H13N3O2S. The molecule has 0 aliphatic carbocycles. The summed E-state index contributed by atoms with van der Waals surface area (Å²) < 4.78 is 27.7. The van der Waals surface area contributed by atoms with Crippen molar-refractivity contribution >= 4 is 26.8 Å². The van der Waals surface area contributed by atoms with Gasteiger partial charge in [-0.05, 0) is 13.0 Å². The average Bonchev–Trinajstić information content (AvgIpc) is 3.07. The van der Waals surface area contributed by atoms with Crippen molar-refractivity contribution in [1.29, 1.82) is 0 Å². The first-order valence-electron chi connectivity index (χ1n) is 5.43. The van der Waals surface area contributed by atoms with Gasteiger partial charge in [-0.2, -0.15) is 12.7 Å². The van der Waals surface area contributed by atoms with Gasteiger partial charge in [0.1, 0.15) is 0 Å². The molecule has 1 aliphatic heterocycles. The predicted molar refractivity (Wildman–Crippen MR) is 67.2 cm³/mol. The molecule has 3 rings (SSSR count). The molecule has 2 heterocycles. The quantitative estimate of drug-likeness (QED) is 0.811. The number of aromatic nitrogens is 1. The van der Waals surface area contributed by atoms with Crippen LogP contribution in [0, 0.1) is 6.92 Å². The number of nitrogens with zero attached hydrogens (tertiary/aromatic N) is 1. The predicted octanol–water partition coefficient (Wildman–Crippen LogP) is 1.45. The summed E-state index contributed by atoms with van der Waals surface area (Å²) in [5.41, 5.74) is 2.41. The first-order chi connectivity index (χ1) is 8.08. The first-order valence-corrected chi connectivity index (χ1v) is 6.87. The number of H-pyrrole nitrogens is 1. The van der Waals surface area contributed by atoms with Crippen LogP contribution in [0.1, 0.15) is 5.69 Å². The van der Waals surface area contributed by atoms with Crippen LogP contribution in [0.5, 0.6) is 0 Å². The zero-order valence-electron chi connectivity index (χ0n) is 9.40. The molecule has 0 unspecified atom stereocenters. The van der Waals surface area contributed by atoms with Crippen molar-refractivity contribution in [2.24, 2.45) is 0 Å². The molecule has 5 nitrogen and oxygen atoms in total. The summed E-state index contributed by atoms with van der Waals surface area (Å²) in [4.78, 5) is 3.16. The molecule has 0 atom stereocenters. The Morgan fingerprint density at radius 1 is 1.29 bits per heavy atom. The molecule has 0 spiro atoms. The maximum absolute atomic E-state index is 11.9. The Bertz CT molecular complexity index is 671. The van der Waals surface area contributed by atoms with E-state index in [0.29, 0.717) is 18.8 Å². The van der Waals surface area contributed by atoms with Gasteiger partial charge in [0.05, 0.1) is 5.69 Å². The van der Waals surface area contributed by atoms with Gasteiger partial charge in [-0.1, -0.05) is 18.2 Å². The van der Waals surface area contributed by atoms with Gasteiger partial charge < -0.3 is 4.98 Å². The Morgan fingerprint density at radius 2 is 2.00 bits per heavy atom. The second kappa shape index (κ2) is 3.48. The Hall–Kier alpha value is -1.53. The van der Waals surface area contributed by atoms with Crippen molar-refractivity contribution in [2.45, 2.75) is 6.92 Å². The normalized spacial score (nSPS) is 16.3. The minimum atomic E-state index is -3.36. The molecule has 2 N–H and O–H groups in total.